The highest BCUT2D eigenvalue weighted by molar-refractivity contribution is 8.18. The molecular weight excluding hydrogens is 364 g/mol. The van der Waals surface area contributed by atoms with Gasteiger partial charge < -0.3 is 10.1 Å². The van der Waals surface area contributed by atoms with Crippen molar-refractivity contribution in [3.05, 3.63) is 64.1 Å². The zero-order valence-electron chi connectivity index (χ0n) is 14.9. The Bertz CT molecular complexity index is 935. The number of thioether (sulfide) groups is 1. The van der Waals surface area contributed by atoms with Crippen LogP contribution in [-0.4, -0.2) is 23.7 Å². The lowest BCUT2D eigenvalue weighted by molar-refractivity contribution is -0.118. The molecule has 138 valence electrons. The van der Waals surface area contributed by atoms with E-state index in [-0.39, 0.29) is 17.8 Å². The Morgan fingerprint density at radius 3 is 2.56 bits per heavy atom. The van der Waals surface area contributed by atoms with Crippen LogP contribution in [0.15, 0.2) is 47.4 Å². The molecule has 1 aliphatic heterocycles. The molecule has 6 nitrogen and oxygen atoms in total. The summed E-state index contributed by atoms with van der Waals surface area (Å²) >= 11 is 0.867. The minimum Gasteiger partial charge on any atom is -0.484 e. The number of ether oxygens (including phenoxy) is 1. The molecule has 0 bridgehead atoms. The number of nitrogens with one attached hydrogen (secondary N) is 2. The van der Waals surface area contributed by atoms with E-state index in [1.807, 2.05) is 32.0 Å². The smallest absolute Gasteiger partial charge is 0.290 e. The molecule has 2 aromatic carbocycles. The van der Waals surface area contributed by atoms with Crippen LogP contribution in [0.4, 0.5) is 10.5 Å². The van der Waals surface area contributed by atoms with Crippen molar-refractivity contribution in [2.45, 2.75) is 13.8 Å². The Balaban J connectivity index is 1.56. The standard InChI is InChI=1S/C20H18N2O4S/c1-12-4-3-5-16(13(12)2)21-18(23)11-26-15-8-6-14(7-9-15)10-17-19(24)22-20(25)27-17/h3-10H,11H2,1-2H3,(H,21,23)(H,22,24,25)/b17-10-. The average molecular weight is 382 g/mol. The van der Waals surface area contributed by atoms with Gasteiger partial charge in [-0.2, -0.15) is 0 Å². The Morgan fingerprint density at radius 2 is 1.89 bits per heavy atom. The number of carbonyl (C=O) groups excluding carboxylic acids is 3. The topological polar surface area (TPSA) is 84.5 Å². The van der Waals surface area contributed by atoms with E-state index < -0.39 is 5.91 Å². The minimum absolute atomic E-state index is 0.111. The van der Waals surface area contributed by atoms with Crippen LogP contribution in [0, 0.1) is 13.8 Å². The normalized spacial score (nSPS) is 15.0. The molecule has 2 aromatic rings. The number of anilines is 1. The Kier molecular flexibility index (Phi) is 5.61. The third-order valence-corrected chi connectivity index (χ3v) is 4.88. The molecule has 1 saturated heterocycles. The third-order valence-electron chi connectivity index (χ3n) is 4.07. The van der Waals surface area contributed by atoms with Gasteiger partial charge in [-0.25, -0.2) is 0 Å². The third kappa shape index (κ3) is 4.77. The fourth-order valence-electron chi connectivity index (χ4n) is 2.45. The largest absolute Gasteiger partial charge is 0.484 e. The molecule has 0 aromatic heterocycles. The highest BCUT2D eigenvalue weighted by Gasteiger charge is 2.24. The van der Waals surface area contributed by atoms with E-state index in [2.05, 4.69) is 10.6 Å². The van der Waals surface area contributed by atoms with Crippen molar-refractivity contribution >= 4 is 40.6 Å². The van der Waals surface area contributed by atoms with Crippen molar-refractivity contribution < 1.29 is 19.1 Å². The summed E-state index contributed by atoms with van der Waals surface area (Å²) < 4.78 is 5.50. The van der Waals surface area contributed by atoms with Crippen molar-refractivity contribution in [3.8, 4) is 5.75 Å². The molecule has 0 atom stereocenters. The molecule has 27 heavy (non-hydrogen) atoms. The highest BCUT2D eigenvalue weighted by atomic mass is 32.2. The Labute approximate surface area is 161 Å². The van der Waals surface area contributed by atoms with Crippen LogP contribution in [0.25, 0.3) is 6.08 Å². The van der Waals surface area contributed by atoms with E-state index in [1.54, 1.807) is 30.3 Å². The average Bonchev–Trinajstić information content (AvgIpc) is 2.95. The lowest BCUT2D eigenvalue weighted by Gasteiger charge is -2.11. The van der Waals surface area contributed by atoms with Crippen molar-refractivity contribution in [2.24, 2.45) is 0 Å². The lowest BCUT2D eigenvalue weighted by Crippen LogP contribution is -2.20. The van der Waals surface area contributed by atoms with Crippen LogP contribution >= 0.6 is 11.8 Å². The fourth-order valence-corrected chi connectivity index (χ4v) is 3.14. The van der Waals surface area contributed by atoms with Crippen LogP contribution in [0.1, 0.15) is 16.7 Å². The Hall–Kier alpha value is -3.06. The predicted molar refractivity (Wildman–Crippen MR) is 106 cm³/mol. The summed E-state index contributed by atoms with van der Waals surface area (Å²) in [4.78, 5) is 35.1. The number of rotatable bonds is 5. The maximum absolute atomic E-state index is 12.1. The predicted octanol–water partition coefficient (Wildman–Crippen LogP) is 3.64. The second-order valence-electron chi connectivity index (χ2n) is 6.01. The number of hydrogen-bond donors (Lipinski definition) is 2. The monoisotopic (exact) mass is 382 g/mol. The molecule has 3 amide bonds. The molecule has 2 N–H and O–H groups in total. The van der Waals surface area contributed by atoms with Gasteiger partial charge >= 0.3 is 0 Å². The number of carbonyl (C=O) groups is 3. The van der Waals surface area contributed by atoms with Crippen LogP contribution in [0.5, 0.6) is 5.75 Å². The van der Waals surface area contributed by atoms with Crippen LogP contribution in [-0.2, 0) is 9.59 Å². The molecule has 7 heteroatoms. The molecule has 0 saturated carbocycles. The lowest BCUT2D eigenvalue weighted by atomic mass is 10.1. The minimum atomic E-state index is -0.395. The zero-order valence-corrected chi connectivity index (χ0v) is 15.7. The van der Waals surface area contributed by atoms with E-state index in [9.17, 15) is 14.4 Å². The van der Waals surface area contributed by atoms with Gasteiger partial charge in [0.1, 0.15) is 5.75 Å². The number of aryl methyl sites for hydroxylation is 1. The fraction of sp³-hybridized carbons (Fsp3) is 0.150. The first kappa shape index (κ1) is 18.7. The van der Waals surface area contributed by atoms with E-state index in [4.69, 9.17) is 4.74 Å². The number of hydrogen-bond acceptors (Lipinski definition) is 5. The van der Waals surface area contributed by atoms with Gasteiger partial charge in [-0.15, -0.1) is 0 Å². The van der Waals surface area contributed by atoms with Crippen molar-refractivity contribution in [1.29, 1.82) is 0 Å². The van der Waals surface area contributed by atoms with Gasteiger partial charge in [-0.05, 0) is 66.6 Å². The summed E-state index contributed by atoms with van der Waals surface area (Å²) in [7, 11) is 0. The number of imide groups is 1. The maximum atomic E-state index is 12.1. The molecule has 0 aliphatic carbocycles. The quantitative estimate of drug-likeness (QED) is 0.771. The number of amides is 3. The molecule has 0 unspecified atom stereocenters. The molecular formula is C20H18N2O4S. The van der Waals surface area contributed by atoms with Gasteiger partial charge in [0.2, 0.25) is 0 Å². The molecule has 3 rings (SSSR count). The van der Waals surface area contributed by atoms with Crippen molar-refractivity contribution in [1.82, 2.24) is 5.32 Å². The summed E-state index contributed by atoms with van der Waals surface area (Å²) in [6.07, 6.45) is 1.63. The highest BCUT2D eigenvalue weighted by Crippen LogP contribution is 2.26. The summed E-state index contributed by atoms with van der Waals surface area (Å²) in [5.74, 6) is -0.103. The van der Waals surface area contributed by atoms with Crippen molar-refractivity contribution in [3.63, 3.8) is 0 Å². The molecule has 0 radical (unpaired) electrons. The molecule has 1 heterocycles. The number of benzene rings is 2. The van der Waals surface area contributed by atoms with Gasteiger partial charge in [0.15, 0.2) is 6.61 Å². The van der Waals surface area contributed by atoms with E-state index in [0.29, 0.717) is 10.7 Å². The molecule has 1 fully saturated rings. The maximum Gasteiger partial charge on any atom is 0.290 e. The Morgan fingerprint density at radius 1 is 1.15 bits per heavy atom. The van der Waals surface area contributed by atoms with Gasteiger partial charge in [-0.1, -0.05) is 24.3 Å². The summed E-state index contributed by atoms with van der Waals surface area (Å²) in [5, 5.41) is 4.67. The van der Waals surface area contributed by atoms with Crippen LogP contribution in [0.2, 0.25) is 0 Å². The van der Waals surface area contributed by atoms with Crippen LogP contribution in [0.3, 0.4) is 0 Å². The second-order valence-corrected chi connectivity index (χ2v) is 7.02. The summed E-state index contributed by atoms with van der Waals surface area (Å²) in [5.41, 5.74) is 3.66. The van der Waals surface area contributed by atoms with E-state index in [1.165, 1.54) is 0 Å². The van der Waals surface area contributed by atoms with Gasteiger partial charge in [-0.3, -0.25) is 19.7 Å². The van der Waals surface area contributed by atoms with Gasteiger partial charge in [0, 0.05) is 5.69 Å². The molecule has 0 spiro atoms. The first-order chi connectivity index (χ1) is 12.9. The van der Waals surface area contributed by atoms with Crippen LogP contribution < -0.4 is 15.4 Å². The SMILES string of the molecule is Cc1cccc(NC(=O)COc2ccc(/C=C3\SC(=O)NC3=O)cc2)c1C. The van der Waals surface area contributed by atoms with Gasteiger partial charge in [0.25, 0.3) is 17.1 Å². The van der Waals surface area contributed by atoms with Crippen molar-refractivity contribution in [2.75, 3.05) is 11.9 Å². The second kappa shape index (κ2) is 8.09. The summed E-state index contributed by atoms with van der Waals surface area (Å²) in [6.45, 7) is 3.83. The summed E-state index contributed by atoms with van der Waals surface area (Å²) in [6, 6.07) is 12.6. The van der Waals surface area contributed by atoms with E-state index >= 15 is 0 Å². The van der Waals surface area contributed by atoms with E-state index in [0.717, 1.165) is 34.1 Å². The first-order valence-electron chi connectivity index (χ1n) is 8.26. The molecule has 1 aliphatic rings. The first-order valence-corrected chi connectivity index (χ1v) is 9.08. The zero-order chi connectivity index (χ0) is 19.4. The van der Waals surface area contributed by atoms with Gasteiger partial charge in [0.05, 0.1) is 4.91 Å².